The SMILES string of the molecule is CC(C)C(C)C(CCCl)C(C)C. The van der Waals surface area contributed by atoms with Gasteiger partial charge in [0, 0.05) is 5.88 Å². The van der Waals surface area contributed by atoms with Gasteiger partial charge in [0.15, 0.2) is 0 Å². The zero-order chi connectivity index (χ0) is 9.72. The van der Waals surface area contributed by atoms with E-state index in [2.05, 4.69) is 34.6 Å². The minimum atomic E-state index is 0.765. The quantitative estimate of drug-likeness (QED) is 0.571. The molecule has 0 nitrogen and oxygen atoms in total. The van der Waals surface area contributed by atoms with Gasteiger partial charge >= 0.3 is 0 Å². The van der Waals surface area contributed by atoms with E-state index in [9.17, 15) is 0 Å². The van der Waals surface area contributed by atoms with Gasteiger partial charge < -0.3 is 0 Å². The highest BCUT2D eigenvalue weighted by molar-refractivity contribution is 6.17. The van der Waals surface area contributed by atoms with Crippen molar-refractivity contribution in [2.75, 3.05) is 5.88 Å². The summed E-state index contributed by atoms with van der Waals surface area (Å²) in [5, 5.41) is 0. The number of alkyl halides is 1. The topological polar surface area (TPSA) is 0 Å². The highest BCUT2D eigenvalue weighted by Gasteiger charge is 2.22. The molecular formula is C11H23Cl. The summed E-state index contributed by atoms with van der Waals surface area (Å²) in [5.74, 6) is 3.94. The summed E-state index contributed by atoms with van der Waals surface area (Å²) in [6.45, 7) is 11.6. The van der Waals surface area contributed by atoms with Gasteiger partial charge in [-0.15, -0.1) is 11.6 Å². The molecule has 0 radical (unpaired) electrons. The molecule has 0 aromatic carbocycles. The van der Waals surface area contributed by atoms with Crippen molar-refractivity contribution in [3.63, 3.8) is 0 Å². The smallest absolute Gasteiger partial charge is 0.0226 e. The molecule has 0 aliphatic heterocycles. The van der Waals surface area contributed by atoms with Crippen LogP contribution in [-0.2, 0) is 0 Å². The molecule has 74 valence electrons. The van der Waals surface area contributed by atoms with E-state index in [4.69, 9.17) is 11.6 Å². The van der Waals surface area contributed by atoms with Crippen molar-refractivity contribution in [2.24, 2.45) is 23.7 Å². The molecule has 0 aromatic rings. The fourth-order valence-electron chi connectivity index (χ4n) is 1.82. The molecule has 1 heteroatoms. The first-order valence-electron chi connectivity index (χ1n) is 5.06. The Morgan fingerprint density at radius 1 is 0.917 bits per heavy atom. The Labute approximate surface area is 82.7 Å². The summed E-state index contributed by atoms with van der Waals surface area (Å²) in [6.07, 6.45) is 1.17. The van der Waals surface area contributed by atoms with Crippen LogP contribution in [0.15, 0.2) is 0 Å². The number of rotatable bonds is 5. The molecule has 0 saturated heterocycles. The zero-order valence-corrected chi connectivity index (χ0v) is 9.86. The Hall–Kier alpha value is 0.290. The van der Waals surface area contributed by atoms with Gasteiger partial charge in [0.1, 0.15) is 0 Å². The minimum absolute atomic E-state index is 0.765. The maximum absolute atomic E-state index is 5.79. The summed E-state index contributed by atoms with van der Waals surface area (Å²) < 4.78 is 0. The second-order valence-electron chi connectivity index (χ2n) is 4.49. The molecule has 0 fully saturated rings. The first kappa shape index (κ1) is 12.3. The summed E-state index contributed by atoms with van der Waals surface area (Å²) in [4.78, 5) is 0. The van der Waals surface area contributed by atoms with E-state index < -0.39 is 0 Å². The molecule has 0 amide bonds. The molecule has 2 atom stereocenters. The van der Waals surface area contributed by atoms with E-state index in [0.29, 0.717) is 0 Å². The van der Waals surface area contributed by atoms with Crippen LogP contribution >= 0.6 is 11.6 Å². The second kappa shape index (κ2) is 5.85. The predicted octanol–water partition coefficient (Wildman–Crippen LogP) is 4.18. The minimum Gasteiger partial charge on any atom is -0.127 e. The maximum Gasteiger partial charge on any atom is 0.0226 e. The molecule has 0 saturated carbocycles. The molecular weight excluding hydrogens is 168 g/mol. The Bertz CT molecular complexity index is 108. The van der Waals surface area contributed by atoms with Crippen LogP contribution < -0.4 is 0 Å². The molecule has 0 spiro atoms. The Morgan fingerprint density at radius 3 is 1.67 bits per heavy atom. The van der Waals surface area contributed by atoms with E-state index in [0.717, 1.165) is 29.6 Å². The molecule has 0 aliphatic carbocycles. The van der Waals surface area contributed by atoms with Crippen LogP contribution in [0.5, 0.6) is 0 Å². The largest absolute Gasteiger partial charge is 0.127 e. The lowest BCUT2D eigenvalue weighted by molar-refractivity contribution is 0.209. The van der Waals surface area contributed by atoms with Crippen LogP contribution in [0.4, 0.5) is 0 Å². The van der Waals surface area contributed by atoms with Crippen molar-refractivity contribution in [3.05, 3.63) is 0 Å². The van der Waals surface area contributed by atoms with Gasteiger partial charge in [-0.25, -0.2) is 0 Å². The maximum atomic E-state index is 5.79. The van der Waals surface area contributed by atoms with Crippen molar-refractivity contribution in [2.45, 2.75) is 41.0 Å². The van der Waals surface area contributed by atoms with Crippen molar-refractivity contribution in [1.29, 1.82) is 0 Å². The van der Waals surface area contributed by atoms with E-state index >= 15 is 0 Å². The lowest BCUT2D eigenvalue weighted by Gasteiger charge is -2.29. The van der Waals surface area contributed by atoms with Crippen molar-refractivity contribution in [3.8, 4) is 0 Å². The summed E-state index contributed by atoms with van der Waals surface area (Å²) >= 11 is 5.79. The Morgan fingerprint density at radius 2 is 1.42 bits per heavy atom. The van der Waals surface area contributed by atoms with Gasteiger partial charge in [-0.1, -0.05) is 34.6 Å². The summed E-state index contributed by atoms with van der Waals surface area (Å²) in [5.41, 5.74) is 0. The molecule has 0 bridgehead atoms. The average molecular weight is 191 g/mol. The number of hydrogen-bond donors (Lipinski definition) is 0. The van der Waals surface area contributed by atoms with Crippen LogP contribution in [0.1, 0.15) is 41.0 Å². The molecule has 0 heterocycles. The van der Waals surface area contributed by atoms with Gasteiger partial charge in [0.05, 0.1) is 0 Å². The number of hydrogen-bond acceptors (Lipinski definition) is 0. The van der Waals surface area contributed by atoms with Crippen molar-refractivity contribution >= 4 is 11.6 Å². The lowest BCUT2D eigenvalue weighted by Crippen LogP contribution is -2.22. The Kier molecular flexibility index (Phi) is 6.00. The predicted molar refractivity (Wildman–Crippen MR) is 57.7 cm³/mol. The summed E-state index contributed by atoms with van der Waals surface area (Å²) in [7, 11) is 0. The first-order chi connectivity index (χ1) is 5.50. The van der Waals surface area contributed by atoms with Crippen LogP contribution in [0, 0.1) is 23.7 Å². The zero-order valence-electron chi connectivity index (χ0n) is 9.10. The van der Waals surface area contributed by atoms with E-state index in [1.165, 1.54) is 6.42 Å². The molecule has 0 aliphatic rings. The van der Waals surface area contributed by atoms with Gasteiger partial charge in [0.25, 0.3) is 0 Å². The van der Waals surface area contributed by atoms with Gasteiger partial charge in [-0.2, -0.15) is 0 Å². The third-order valence-electron chi connectivity index (χ3n) is 3.03. The first-order valence-corrected chi connectivity index (χ1v) is 5.60. The standard InChI is InChI=1S/C11H23Cl/c1-8(2)10(5)11(6-7-12)9(3)4/h8-11H,6-7H2,1-5H3. The fraction of sp³-hybridized carbons (Fsp3) is 1.00. The highest BCUT2D eigenvalue weighted by Crippen LogP contribution is 2.29. The fourth-order valence-corrected chi connectivity index (χ4v) is 2.08. The monoisotopic (exact) mass is 190 g/mol. The third kappa shape index (κ3) is 3.80. The molecule has 0 N–H and O–H groups in total. The average Bonchev–Trinajstić information content (AvgIpc) is 1.98. The lowest BCUT2D eigenvalue weighted by atomic mass is 9.77. The Balaban J connectivity index is 4.09. The summed E-state index contributed by atoms with van der Waals surface area (Å²) in [6, 6.07) is 0. The third-order valence-corrected chi connectivity index (χ3v) is 3.24. The van der Waals surface area contributed by atoms with E-state index in [1.54, 1.807) is 0 Å². The second-order valence-corrected chi connectivity index (χ2v) is 4.87. The normalized spacial score (nSPS) is 17.0. The van der Waals surface area contributed by atoms with E-state index in [-0.39, 0.29) is 0 Å². The van der Waals surface area contributed by atoms with Gasteiger partial charge in [-0.3, -0.25) is 0 Å². The highest BCUT2D eigenvalue weighted by atomic mass is 35.5. The molecule has 0 rings (SSSR count). The van der Waals surface area contributed by atoms with Crippen molar-refractivity contribution in [1.82, 2.24) is 0 Å². The van der Waals surface area contributed by atoms with Crippen LogP contribution in [0.2, 0.25) is 0 Å². The van der Waals surface area contributed by atoms with Gasteiger partial charge in [0.2, 0.25) is 0 Å². The number of halogens is 1. The van der Waals surface area contributed by atoms with Crippen LogP contribution in [-0.4, -0.2) is 5.88 Å². The van der Waals surface area contributed by atoms with E-state index in [1.807, 2.05) is 0 Å². The van der Waals surface area contributed by atoms with Crippen molar-refractivity contribution < 1.29 is 0 Å². The van der Waals surface area contributed by atoms with Gasteiger partial charge in [-0.05, 0) is 30.1 Å². The van der Waals surface area contributed by atoms with Crippen LogP contribution in [0.25, 0.3) is 0 Å². The molecule has 2 unspecified atom stereocenters. The molecule has 12 heavy (non-hydrogen) atoms. The van der Waals surface area contributed by atoms with Crippen LogP contribution in [0.3, 0.4) is 0 Å². The molecule has 0 aromatic heterocycles.